The zero-order valence-corrected chi connectivity index (χ0v) is 19.9. The van der Waals surface area contributed by atoms with Crippen LogP contribution in [0.3, 0.4) is 0 Å². The predicted molar refractivity (Wildman–Crippen MR) is 130 cm³/mol. The van der Waals surface area contributed by atoms with Gasteiger partial charge in [0.1, 0.15) is 0 Å². The number of benzene rings is 1. The molecular formula is C28H39NO4. The number of ether oxygens (including phenoxy) is 1. The van der Waals surface area contributed by atoms with Gasteiger partial charge in [-0.3, -0.25) is 4.79 Å². The fraction of sp³-hybridized carbons (Fsp3) is 0.607. The molecule has 0 aromatic heterocycles. The fourth-order valence-electron chi connectivity index (χ4n) is 5.79. The van der Waals surface area contributed by atoms with E-state index in [4.69, 9.17) is 4.74 Å². The lowest BCUT2D eigenvalue weighted by atomic mass is 9.88. The Balaban J connectivity index is 1.21. The lowest BCUT2D eigenvalue weighted by Crippen LogP contribution is -2.40. The number of aryl methyl sites for hydroxylation is 1. The molecule has 2 N–H and O–H groups in total. The number of hydrogen-bond donors (Lipinski definition) is 2. The van der Waals surface area contributed by atoms with Crippen LogP contribution < -0.4 is 0 Å². The first-order chi connectivity index (χ1) is 16.0. The first kappa shape index (κ1) is 24.2. The number of aliphatic hydroxyl groups excluding tert-OH is 2. The summed E-state index contributed by atoms with van der Waals surface area (Å²) < 4.78 is 5.32. The van der Waals surface area contributed by atoms with Crippen molar-refractivity contribution in [2.75, 3.05) is 26.3 Å². The number of fused-ring (bicyclic) bond motifs is 1. The first-order valence-corrected chi connectivity index (χ1v) is 12.6. The van der Waals surface area contributed by atoms with Gasteiger partial charge in [0.2, 0.25) is 5.91 Å². The van der Waals surface area contributed by atoms with E-state index in [1.165, 1.54) is 11.1 Å². The van der Waals surface area contributed by atoms with E-state index in [0.717, 1.165) is 50.8 Å². The molecule has 0 bridgehead atoms. The largest absolute Gasteiger partial charge is 0.392 e. The fourth-order valence-corrected chi connectivity index (χ4v) is 5.79. The van der Waals surface area contributed by atoms with Crippen LogP contribution in [-0.2, 0) is 16.0 Å². The third-order valence-corrected chi connectivity index (χ3v) is 7.54. The average Bonchev–Trinajstić information content (AvgIpc) is 3.32. The maximum atomic E-state index is 12.3. The molecule has 1 aromatic carbocycles. The second kappa shape index (κ2) is 11.5. The van der Waals surface area contributed by atoms with E-state index in [0.29, 0.717) is 37.9 Å². The minimum Gasteiger partial charge on any atom is -0.392 e. The van der Waals surface area contributed by atoms with Crippen molar-refractivity contribution in [2.24, 2.45) is 17.8 Å². The molecule has 0 radical (unpaired) electrons. The van der Waals surface area contributed by atoms with Gasteiger partial charge in [-0.05, 0) is 56.4 Å². The second-order valence-electron chi connectivity index (χ2n) is 10.1. The van der Waals surface area contributed by atoms with Crippen LogP contribution in [0.1, 0.15) is 49.7 Å². The van der Waals surface area contributed by atoms with Crippen LogP contribution >= 0.6 is 0 Å². The minimum atomic E-state index is -0.532. The minimum absolute atomic E-state index is 0.110. The zero-order chi connectivity index (χ0) is 23.2. The van der Waals surface area contributed by atoms with Crippen LogP contribution in [0.2, 0.25) is 0 Å². The summed E-state index contributed by atoms with van der Waals surface area (Å²) in [5.41, 5.74) is 3.82. The maximum Gasteiger partial charge on any atom is 0.222 e. The van der Waals surface area contributed by atoms with E-state index in [1.54, 1.807) is 0 Å². The Morgan fingerprint density at radius 3 is 2.88 bits per heavy atom. The summed E-state index contributed by atoms with van der Waals surface area (Å²) in [5, 5.41) is 21.1. The Bertz CT molecular complexity index is 857. The zero-order valence-electron chi connectivity index (χ0n) is 19.9. The lowest BCUT2D eigenvalue weighted by Gasteiger charge is -2.26. The van der Waals surface area contributed by atoms with E-state index in [1.807, 2.05) is 23.1 Å². The highest BCUT2D eigenvalue weighted by atomic mass is 16.5. The number of hydrogen-bond acceptors (Lipinski definition) is 4. The Hall–Kier alpha value is -1.95. The van der Waals surface area contributed by atoms with Crippen molar-refractivity contribution < 1.29 is 19.7 Å². The number of nitrogens with zero attached hydrogens (tertiary/aromatic N) is 1. The van der Waals surface area contributed by atoms with Gasteiger partial charge in [-0.1, -0.05) is 53.6 Å². The molecule has 1 amide bonds. The monoisotopic (exact) mass is 453 g/mol. The van der Waals surface area contributed by atoms with Gasteiger partial charge in [-0.25, -0.2) is 0 Å². The number of carbonyl (C=O) groups excluding carboxylic acids is 1. The highest BCUT2D eigenvalue weighted by Crippen LogP contribution is 2.48. The van der Waals surface area contributed by atoms with Crippen LogP contribution in [0.4, 0.5) is 0 Å². The smallest absolute Gasteiger partial charge is 0.222 e. The second-order valence-corrected chi connectivity index (χ2v) is 10.1. The van der Waals surface area contributed by atoms with Gasteiger partial charge in [-0.2, -0.15) is 0 Å². The Labute approximate surface area is 198 Å². The van der Waals surface area contributed by atoms with Gasteiger partial charge in [0.05, 0.1) is 25.4 Å². The van der Waals surface area contributed by atoms with Crippen molar-refractivity contribution in [1.82, 2.24) is 4.90 Å². The van der Waals surface area contributed by atoms with E-state index in [2.05, 4.69) is 31.2 Å². The van der Waals surface area contributed by atoms with Gasteiger partial charge in [0.25, 0.3) is 0 Å². The predicted octanol–water partition coefficient (Wildman–Crippen LogP) is 3.82. The van der Waals surface area contributed by atoms with Crippen LogP contribution in [0.15, 0.2) is 48.1 Å². The molecule has 4 rings (SSSR count). The molecule has 1 aliphatic heterocycles. The quantitative estimate of drug-likeness (QED) is 0.441. The molecule has 180 valence electrons. The van der Waals surface area contributed by atoms with Crippen LogP contribution in [0.5, 0.6) is 0 Å². The standard InChI is InChI=1S/C28H39NO4/c1-20-5-4-7-21(15-20)17-24(30)9-10-25-26-18-22(16-23(26)19-27(25)31)6-2-3-8-28(32)29-11-13-33-14-12-29/h4-5,7,9-10,15-16,23-27,30-31H,2-3,6,8,11-14,17-19H2,1H3/t23-,24-,25+,26-,27+/m0/s1. The van der Waals surface area contributed by atoms with Crippen molar-refractivity contribution in [3.05, 3.63) is 59.2 Å². The van der Waals surface area contributed by atoms with Crippen molar-refractivity contribution >= 4 is 5.91 Å². The first-order valence-electron chi connectivity index (χ1n) is 12.6. The molecule has 5 nitrogen and oxygen atoms in total. The van der Waals surface area contributed by atoms with Gasteiger partial charge in [-0.15, -0.1) is 0 Å². The number of aliphatic hydroxyl groups is 2. The average molecular weight is 454 g/mol. The Morgan fingerprint density at radius 1 is 1.27 bits per heavy atom. The summed E-state index contributed by atoms with van der Waals surface area (Å²) in [5.74, 6) is 1.24. The number of morpholine rings is 1. The molecule has 2 aliphatic carbocycles. The number of carbonyl (C=O) groups is 1. The molecule has 1 aromatic rings. The van der Waals surface area contributed by atoms with Crippen molar-refractivity contribution in [1.29, 1.82) is 0 Å². The Morgan fingerprint density at radius 2 is 2.09 bits per heavy atom. The van der Waals surface area contributed by atoms with Crippen LogP contribution in [0, 0.1) is 24.7 Å². The molecule has 33 heavy (non-hydrogen) atoms. The SMILES string of the molecule is Cc1cccc(C[C@@H](O)C=C[C@@H]2[C@H]3CC(CCCCC(=O)N4CCOCC4)=C[C@H]3C[C@H]2O)c1. The third-order valence-electron chi connectivity index (χ3n) is 7.54. The number of amides is 1. The van der Waals surface area contributed by atoms with E-state index in [9.17, 15) is 15.0 Å². The van der Waals surface area contributed by atoms with Crippen LogP contribution in [-0.4, -0.2) is 59.5 Å². The summed E-state index contributed by atoms with van der Waals surface area (Å²) in [6.07, 6.45) is 11.6. The molecule has 2 fully saturated rings. The van der Waals surface area contributed by atoms with Crippen LogP contribution in [0.25, 0.3) is 0 Å². The molecule has 1 saturated heterocycles. The van der Waals surface area contributed by atoms with E-state index < -0.39 is 6.10 Å². The lowest BCUT2D eigenvalue weighted by molar-refractivity contribution is -0.135. The van der Waals surface area contributed by atoms with Gasteiger partial charge >= 0.3 is 0 Å². The molecule has 0 unspecified atom stereocenters. The molecule has 3 aliphatic rings. The van der Waals surface area contributed by atoms with Gasteiger partial charge < -0.3 is 19.8 Å². The topological polar surface area (TPSA) is 70.0 Å². The third kappa shape index (κ3) is 6.56. The normalized spacial score (nSPS) is 28.2. The Kier molecular flexibility index (Phi) is 8.39. The molecule has 1 heterocycles. The molecular weight excluding hydrogens is 414 g/mol. The summed E-state index contributed by atoms with van der Waals surface area (Å²) in [4.78, 5) is 14.2. The van der Waals surface area contributed by atoms with Crippen molar-refractivity contribution in [3.8, 4) is 0 Å². The highest BCUT2D eigenvalue weighted by Gasteiger charge is 2.43. The summed E-state index contributed by atoms with van der Waals surface area (Å²) in [6.45, 7) is 4.83. The van der Waals surface area contributed by atoms with Gasteiger partial charge in [0.15, 0.2) is 0 Å². The highest BCUT2D eigenvalue weighted by molar-refractivity contribution is 5.76. The van der Waals surface area contributed by atoms with E-state index >= 15 is 0 Å². The summed E-state index contributed by atoms with van der Waals surface area (Å²) in [6, 6.07) is 8.25. The number of allylic oxidation sites excluding steroid dienone is 2. The van der Waals surface area contributed by atoms with Crippen molar-refractivity contribution in [2.45, 2.75) is 64.1 Å². The van der Waals surface area contributed by atoms with Gasteiger partial charge in [0, 0.05) is 31.8 Å². The molecule has 1 saturated carbocycles. The summed E-state index contributed by atoms with van der Waals surface area (Å²) in [7, 11) is 0. The van der Waals surface area contributed by atoms with E-state index in [-0.39, 0.29) is 17.9 Å². The summed E-state index contributed by atoms with van der Waals surface area (Å²) >= 11 is 0. The van der Waals surface area contributed by atoms with Crippen molar-refractivity contribution in [3.63, 3.8) is 0 Å². The number of rotatable bonds is 9. The number of unbranched alkanes of at least 4 members (excludes halogenated alkanes) is 1. The molecule has 0 spiro atoms. The molecule has 5 atom stereocenters. The molecule has 5 heteroatoms. The maximum absolute atomic E-state index is 12.3.